The fourth-order valence-electron chi connectivity index (χ4n) is 0.782. The number of hydrogen-bond donors (Lipinski definition) is 2. The molecular formula is C5H8NNa2O7P. The van der Waals surface area contributed by atoms with E-state index < -0.39 is 38.9 Å². The van der Waals surface area contributed by atoms with E-state index in [2.05, 4.69) is 0 Å². The van der Waals surface area contributed by atoms with Crippen molar-refractivity contribution in [1.29, 1.82) is 0 Å². The first-order chi connectivity index (χ1) is 6.20. The Balaban J connectivity index is -0.000000845. The van der Waals surface area contributed by atoms with Crippen molar-refractivity contribution in [3.63, 3.8) is 0 Å². The molecule has 11 heteroatoms. The Labute approximate surface area is 136 Å². The van der Waals surface area contributed by atoms with Crippen molar-refractivity contribution in [2.24, 2.45) is 0 Å². The maximum atomic E-state index is 10.4. The predicted octanol–water partition coefficient (Wildman–Crippen LogP) is -10.1. The van der Waals surface area contributed by atoms with E-state index in [0.29, 0.717) is 4.90 Å². The van der Waals surface area contributed by atoms with Crippen LogP contribution in [0.5, 0.6) is 0 Å². The molecule has 82 valence electrons. The van der Waals surface area contributed by atoms with Crippen LogP contribution in [0.3, 0.4) is 0 Å². The first-order valence-electron chi connectivity index (χ1n) is 3.37. The maximum absolute atomic E-state index is 10.4. The predicted molar refractivity (Wildman–Crippen MR) is 38.5 cm³/mol. The normalized spacial score (nSPS) is 10.2. The van der Waals surface area contributed by atoms with E-state index in [4.69, 9.17) is 9.79 Å². The summed E-state index contributed by atoms with van der Waals surface area (Å²) in [5.74, 6) is -3.25. The molecule has 16 heavy (non-hydrogen) atoms. The number of carbonyl (C=O) groups is 2. The molecule has 0 aliphatic heterocycles. The van der Waals surface area contributed by atoms with Crippen molar-refractivity contribution in [3.05, 3.63) is 0 Å². The van der Waals surface area contributed by atoms with Gasteiger partial charge in [-0.25, -0.2) is 0 Å². The van der Waals surface area contributed by atoms with E-state index >= 15 is 0 Å². The van der Waals surface area contributed by atoms with Gasteiger partial charge >= 0.3 is 66.7 Å². The molecule has 0 heterocycles. The average Bonchev–Trinajstić information content (AvgIpc) is 1.77. The van der Waals surface area contributed by atoms with E-state index in [-0.39, 0.29) is 59.1 Å². The first kappa shape index (κ1) is 22.2. The number of carboxylic acids is 2. The monoisotopic (exact) mass is 271 g/mol. The molecule has 0 aliphatic rings. The molecule has 0 saturated carbocycles. The van der Waals surface area contributed by atoms with Crippen molar-refractivity contribution >= 4 is 19.5 Å². The summed E-state index contributed by atoms with van der Waals surface area (Å²) in [7, 11) is -4.49. The smallest absolute Gasteiger partial charge is 0.549 e. The van der Waals surface area contributed by atoms with Gasteiger partial charge < -0.3 is 29.6 Å². The van der Waals surface area contributed by atoms with Gasteiger partial charge in [-0.15, -0.1) is 0 Å². The molecule has 8 nitrogen and oxygen atoms in total. The SMILES string of the molecule is O=C([O-])CN(CC(=O)[O-])CP(=O)(O)O.[Na+].[Na+]. The number of carboxylic acid groups (broad SMARTS) is 2. The van der Waals surface area contributed by atoms with E-state index in [1.807, 2.05) is 0 Å². The summed E-state index contributed by atoms with van der Waals surface area (Å²) in [5, 5.41) is 20.1. The number of carbonyl (C=O) groups excluding carboxylic acids is 2. The Morgan fingerprint density at radius 2 is 1.38 bits per heavy atom. The fourth-order valence-corrected chi connectivity index (χ4v) is 1.50. The Hall–Kier alpha value is 1.05. The van der Waals surface area contributed by atoms with Crippen molar-refractivity contribution in [2.45, 2.75) is 0 Å². The molecule has 0 bridgehead atoms. The van der Waals surface area contributed by atoms with Gasteiger partial charge in [0.15, 0.2) is 0 Å². The van der Waals surface area contributed by atoms with Crippen LogP contribution in [0.4, 0.5) is 0 Å². The van der Waals surface area contributed by atoms with Crippen LogP contribution >= 0.6 is 7.60 Å². The van der Waals surface area contributed by atoms with Crippen LogP contribution in [-0.4, -0.2) is 46.0 Å². The van der Waals surface area contributed by atoms with Crippen LogP contribution in [0.2, 0.25) is 0 Å². The molecule has 0 rings (SSSR count). The Kier molecular flexibility index (Phi) is 13.9. The summed E-state index contributed by atoms with van der Waals surface area (Å²) in [5.41, 5.74) is 0. The van der Waals surface area contributed by atoms with Crippen LogP contribution in [0.15, 0.2) is 0 Å². The molecule has 0 saturated heterocycles. The zero-order valence-corrected chi connectivity index (χ0v) is 13.8. The van der Waals surface area contributed by atoms with Gasteiger partial charge in [0.05, 0.1) is 11.9 Å². The molecule has 0 amide bonds. The van der Waals surface area contributed by atoms with E-state index in [0.717, 1.165) is 0 Å². The van der Waals surface area contributed by atoms with Gasteiger partial charge in [0.2, 0.25) is 0 Å². The molecule has 0 aromatic rings. The second-order valence-electron chi connectivity index (χ2n) is 2.54. The van der Waals surface area contributed by atoms with E-state index in [1.54, 1.807) is 0 Å². The Bertz CT molecular complexity index is 264. The second-order valence-corrected chi connectivity index (χ2v) is 4.15. The van der Waals surface area contributed by atoms with Crippen LogP contribution < -0.4 is 69.3 Å². The van der Waals surface area contributed by atoms with Gasteiger partial charge in [-0.1, -0.05) is 0 Å². The second kappa shape index (κ2) is 10.0. The fraction of sp³-hybridized carbons (Fsp3) is 0.600. The molecule has 2 N–H and O–H groups in total. The molecule has 0 atom stereocenters. The third-order valence-electron chi connectivity index (χ3n) is 1.09. The molecule has 0 unspecified atom stereocenters. The first-order valence-corrected chi connectivity index (χ1v) is 5.17. The van der Waals surface area contributed by atoms with Crippen LogP contribution in [-0.2, 0) is 14.2 Å². The molecule has 0 aromatic carbocycles. The molecule has 0 aromatic heterocycles. The molecule has 0 fully saturated rings. The number of nitrogens with zero attached hydrogens (tertiary/aromatic N) is 1. The third kappa shape index (κ3) is 15.0. The van der Waals surface area contributed by atoms with E-state index in [9.17, 15) is 24.4 Å². The third-order valence-corrected chi connectivity index (χ3v) is 1.86. The summed E-state index contributed by atoms with van der Waals surface area (Å²) in [4.78, 5) is 37.5. The quantitative estimate of drug-likeness (QED) is 0.358. The van der Waals surface area contributed by atoms with Gasteiger partial charge in [0.1, 0.15) is 6.29 Å². The maximum Gasteiger partial charge on any atom is 1.00 e. The summed E-state index contributed by atoms with van der Waals surface area (Å²) in [6, 6.07) is 0. The summed E-state index contributed by atoms with van der Waals surface area (Å²) < 4.78 is 10.4. The topological polar surface area (TPSA) is 141 Å². The molecular weight excluding hydrogens is 263 g/mol. The molecule has 0 aliphatic carbocycles. The summed E-state index contributed by atoms with van der Waals surface area (Å²) in [6.45, 7) is -1.75. The van der Waals surface area contributed by atoms with Crippen molar-refractivity contribution < 1.29 is 93.3 Å². The van der Waals surface area contributed by atoms with Crippen molar-refractivity contribution in [1.82, 2.24) is 4.90 Å². The van der Waals surface area contributed by atoms with Gasteiger partial charge in [-0.05, 0) is 0 Å². The van der Waals surface area contributed by atoms with Crippen LogP contribution in [0.1, 0.15) is 0 Å². The zero-order chi connectivity index (χ0) is 11.4. The summed E-state index contributed by atoms with van der Waals surface area (Å²) >= 11 is 0. The average molecular weight is 271 g/mol. The van der Waals surface area contributed by atoms with E-state index in [1.165, 1.54) is 0 Å². The minimum absolute atomic E-state index is 0. The minimum atomic E-state index is -4.49. The van der Waals surface area contributed by atoms with Gasteiger partial charge in [0.25, 0.3) is 0 Å². The number of aliphatic carboxylic acids is 2. The van der Waals surface area contributed by atoms with Crippen molar-refractivity contribution in [2.75, 3.05) is 19.4 Å². The summed E-state index contributed by atoms with van der Waals surface area (Å²) in [6.07, 6.45) is -0.963. The standard InChI is InChI=1S/C5H10NO7P.2Na/c7-4(8)1-6(2-5(9)10)3-14(11,12)13;;/h1-3H2,(H,7,8)(H,9,10)(H2,11,12,13);;/q;2*+1/p-2. The largest absolute Gasteiger partial charge is 1.00 e. The van der Waals surface area contributed by atoms with Gasteiger partial charge in [0, 0.05) is 13.1 Å². The van der Waals surface area contributed by atoms with Crippen molar-refractivity contribution in [3.8, 4) is 0 Å². The van der Waals surface area contributed by atoms with Gasteiger partial charge in [-0.2, -0.15) is 0 Å². The Morgan fingerprint density at radius 1 is 1.06 bits per heavy atom. The Morgan fingerprint density at radius 3 is 1.56 bits per heavy atom. The molecule has 0 spiro atoms. The minimum Gasteiger partial charge on any atom is -0.549 e. The molecule has 0 radical (unpaired) electrons. The number of hydrogen-bond acceptors (Lipinski definition) is 6. The van der Waals surface area contributed by atoms with Crippen LogP contribution in [0.25, 0.3) is 0 Å². The van der Waals surface area contributed by atoms with Gasteiger partial charge in [-0.3, -0.25) is 9.46 Å². The van der Waals surface area contributed by atoms with Crippen LogP contribution in [0, 0.1) is 0 Å². The number of rotatable bonds is 6. The zero-order valence-electron chi connectivity index (χ0n) is 8.95.